The van der Waals surface area contributed by atoms with Crippen molar-refractivity contribution in [2.24, 2.45) is 0 Å². The molecule has 0 saturated carbocycles. The van der Waals surface area contributed by atoms with E-state index in [0.717, 1.165) is 11.4 Å². The highest BCUT2D eigenvalue weighted by atomic mass is 32.2. The first kappa shape index (κ1) is 26.2. The second-order valence-electron chi connectivity index (χ2n) is 7.35. The van der Waals surface area contributed by atoms with E-state index in [-0.39, 0.29) is 28.5 Å². The third-order valence-corrected chi connectivity index (χ3v) is 6.81. The molecule has 0 fully saturated rings. The first-order valence-corrected chi connectivity index (χ1v) is 13.0. The van der Waals surface area contributed by atoms with Gasteiger partial charge in [0.1, 0.15) is 0 Å². The SMILES string of the molecule is COc1cc(NS(=O)(=O)c2ccc(NC(=O)CCCSc3nc(C)cc(C)n3)cc2)nc(OC)n1. The fourth-order valence-electron chi connectivity index (χ4n) is 2.94. The Hall–Kier alpha value is -3.45. The minimum absolute atomic E-state index is 0.00288. The Balaban J connectivity index is 1.52. The monoisotopic (exact) mass is 518 g/mol. The second kappa shape index (κ2) is 11.8. The highest BCUT2D eigenvalue weighted by Crippen LogP contribution is 2.22. The molecule has 0 aliphatic rings. The molecule has 0 bridgehead atoms. The number of nitrogens with zero attached hydrogens (tertiary/aromatic N) is 4. The molecular formula is C22H26N6O5S2. The van der Waals surface area contributed by atoms with E-state index in [0.29, 0.717) is 29.4 Å². The van der Waals surface area contributed by atoms with Crippen LogP contribution in [0.1, 0.15) is 24.2 Å². The summed E-state index contributed by atoms with van der Waals surface area (Å²) >= 11 is 1.51. The number of hydrogen-bond acceptors (Lipinski definition) is 10. The smallest absolute Gasteiger partial charge is 0.321 e. The van der Waals surface area contributed by atoms with Crippen molar-refractivity contribution >= 4 is 39.2 Å². The lowest BCUT2D eigenvalue weighted by Gasteiger charge is -2.10. The summed E-state index contributed by atoms with van der Waals surface area (Å²) in [6.45, 7) is 3.84. The first-order chi connectivity index (χ1) is 16.7. The maximum absolute atomic E-state index is 12.7. The predicted octanol–water partition coefficient (Wildman–Crippen LogP) is 3.21. The number of sulfonamides is 1. The van der Waals surface area contributed by atoms with Gasteiger partial charge < -0.3 is 14.8 Å². The fraction of sp³-hybridized carbons (Fsp3) is 0.318. The van der Waals surface area contributed by atoms with Crippen LogP contribution >= 0.6 is 11.8 Å². The number of nitrogens with one attached hydrogen (secondary N) is 2. The molecule has 3 aromatic rings. The van der Waals surface area contributed by atoms with Crippen LogP contribution in [0.25, 0.3) is 0 Å². The topological polar surface area (TPSA) is 145 Å². The van der Waals surface area contributed by atoms with E-state index in [4.69, 9.17) is 9.47 Å². The number of benzene rings is 1. The summed E-state index contributed by atoms with van der Waals surface area (Å²) < 4.78 is 37.8. The Morgan fingerprint density at radius 2 is 1.66 bits per heavy atom. The van der Waals surface area contributed by atoms with E-state index in [1.54, 1.807) is 0 Å². The van der Waals surface area contributed by atoms with Crippen molar-refractivity contribution in [2.75, 3.05) is 30.0 Å². The van der Waals surface area contributed by atoms with Crippen LogP contribution in [0.4, 0.5) is 11.5 Å². The molecule has 0 saturated heterocycles. The van der Waals surface area contributed by atoms with Crippen LogP contribution in [0.3, 0.4) is 0 Å². The lowest BCUT2D eigenvalue weighted by molar-refractivity contribution is -0.116. The first-order valence-electron chi connectivity index (χ1n) is 10.5. The van der Waals surface area contributed by atoms with Crippen LogP contribution in [0, 0.1) is 13.8 Å². The molecule has 0 aliphatic carbocycles. The molecule has 0 unspecified atom stereocenters. The van der Waals surface area contributed by atoms with Crippen molar-refractivity contribution in [1.29, 1.82) is 0 Å². The van der Waals surface area contributed by atoms with Crippen LogP contribution in [0.15, 0.2) is 46.5 Å². The Bertz CT molecular complexity index is 1240. The number of ether oxygens (including phenoxy) is 2. The molecule has 2 aromatic heterocycles. The van der Waals surface area contributed by atoms with Crippen LogP contribution in [-0.2, 0) is 14.8 Å². The van der Waals surface area contributed by atoms with Gasteiger partial charge in [0, 0.05) is 35.3 Å². The predicted molar refractivity (Wildman–Crippen MR) is 132 cm³/mol. The molecule has 1 amide bonds. The van der Waals surface area contributed by atoms with Gasteiger partial charge in [0.05, 0.1) is 19.1 Å². The van der Waals surface area contributed by atoms with E-state index in [1.807, 2.05) is 19.9 Å². The molecule has 11 nitrogen and oxygen atoms in total. The maximum Gasteiger partial charge on any atom is 0.321 e. The molecule has 0 aliphatic heterocycles. The zero-order valence-corrected chi connectivity index (χ0v) is 21.4. The summed E-state index contributed by atoms with van der Waals surface area (Å²) in [6.07, 6.45) is 0.964. The lowest BCUT2D eigenvalue weighted by Crippen LogP contribution is -2.15. The van der Waals surface area contributed by atoms with Gasteiger partial charge in [-0.2, -0.15) is 9.97 Å². The van der Waals surface area contributed by atoms with Crippen LogP contribution in [-0.4, -0.2) is 54.2 Å². The van der Waals surface area contributed by atoms with Gasteiger partial charge in [0.25, 0.3) is 10.0 Å². The summed E-state index contributed by atoms with van der Waals surface area (Å²) in [5.41, 5.74) is 2.31. The number of amides is 1. The number of aryl methyl sites for hydroxylation is 2. The van der Waals surface area contributed by atoms with Gasteiger partial charge in [0.15, 0.2) is 11.0 Å². The minimum Gasteiger partial charge on any atom is -0.481 e. The zero-order valence-electron chi connectivity index (χ0n) is 19.7. The molecule has 1 aromatic carbocycles. The number of anilines is 2. The van der Waals surface area contributed by atoms with Crippen molar-refractivity contribution in [3.05, 3.63) is 47.8 Å². The standard InChI is InChI=1S/C22H26N6O5S2/c1-14-12-15(2)24-22(23-14)34-11-5-6-19(29)25-16-7-9-17(10-8-16)35(30,31)28-18-13-20(32-3)27-21(26-18)33-4/h7-10,12-13H,5-6,11H2,1-4H3,(H,25,29)(H,26,27,28). The third kappa shape index (κ3) is 7.79. The highest BCUT2D eigenvalue weighted by Gasteiger charge is 2.17. The van der Waals surface area contributed by atoms with Crippen molar-refractivity contribution in [3.8, 4) is 11.9 Å². The molecule has 2 heterocycles. The van der Waals surface area contributed by atoms with Gasteiger partial charge in [-0.25, -0.2) is 18.4 Å². The average Bonchev–Trinajstić information content (AvgIpc) is 2.81. The van der Waals surface area contributed by atoms with Gasteiger partial charge in [-0.15, -0.1) is 0 Å². The number of aromatic nitrogens is 4. The largest absolute Gasteiger partial charge is 0.481 e. The Morgan fingerprint density at radius 1 is 0.971 bits per heavy atom. The minimum atomic E-state index is -3.94. The van der Waals surface area contributed by atoms with Crippen molar-refractivity contribution in [3.63, 3.8) is 0 Å². The summed E-state index contributed by atoms with van der Waals surface area (Å²) in [5, 5.41) is 3.47. The summed E-state index contributed by atoms with van der Waals surface area (Å²) in [6, 6.07) is 9.02. The molecule has 3 rings (SSSR count). The lowest BCUT2D eigenvalue weighted by atomic mass is 10.3. The van der Waals surface area contributed by atoms with E-state index in [2.05, 4.69) is 30.0 Å². The van der Waals surface area contributed by atoms with E-state index in [9.17, 15) is 13.2 Å². The molecule has 35 heavy (non-hydrogen) atoms. The normalized spacial score (nSPS) is 11.1. The number of carbonyl (C=O) groups excluding carboxylic acids is 1. The number of methoxy groups -OCH3 is 2. The second-order valence-corrected chi connectivity index (χ2v) is 10.1. The molecule has 2 N–H and O–H groups in total. The maximum atomic E-state index is 12.7. The van der Waals surface area contributed by atoms with Gasteiger partial charge in [-0.05, 0) is 50.6 Å². The molecule has 0 atom stereocenters. The van der Waals surface area contributed by atoms with Crippen LogP contribution < -0.4 is 19.5 Å². The van der Waals surface area contributed by atoms with Crippen LogP contribution in [0.2, 0.25) is 0 Å². The fourth-order valence-corrected chi connectivity index (χ4v) is 4.82. The summed E-state index contributed by atoms with van der Waals surface area (Å²) in [5.74, 6) is 0.682. The summed E-state index contributed by atoms with van der Waals surface area (Å²) in [7, 11) is -1.18. The number of rotatable bonds is 11. The van der Waals surface area contributed by atoms with E-state index in [1.165, 1.54) is 56.3 Å². The molecule has 0 spiro atoms. The Labute approximate surface area is 208 Å². The van der Waals surface area contributed by atoms with E-state index < -0.39 is 10.0 Å². The quantitative estimate of drug-likeness (QED) is 0.220. The van der Waals surface area contributed by atoms with Gasteiger partial charge in [0.2, 0.25) is 11.8 Å². The van der Waals surface area contributed by atoms with Gasteiger partial charge in [-0.3, -0.25) is 9.52 Å². The number of hydrogen-bond donors (Lipinski definition) is 2. The molecule has 0 radical (unpaired) electrons. The third-order valence-electron chi connectivity index (χ3n) is 4.50. The molecular weight excluding hydrogens is 492 g/mol. The van der Waals surface area contributed by atoms with E-state index >= 15 is 0 Å². The number of carbonyl (C=O) groups is 1. The highest BCUT2D eigenvalue weighted by molar-refractivity contribution is 7.99. The van der Waals surface area contributed by atoms with Gasteiger partial charge in [-0.1, -0.05) is 11.8 Å². The molecule has 186 valence electrons. The number of thioether (sulfide) groups is 1. The van der Waals surface area contributed by atoms with Crippen LogP contribution in [0.5, 0.6) is 11.9 Å². The average molecular weight is 519 g/mol. The Morgan fingerprint density at radius 3 is 2.29 bits per heavy atom. The molecule has 13 heteroatoms. The van der Waals surface area contributed by atoms with Crippen molar-refractivity contribution < 1.29 is 22.7 Å². The van der Waals surface area contributed by atoms with Gasteiger partial charge >= 0.3 is 6.01 Å². The van der Waals surface area contributed by atoms with Crippen molar-refractivity contribution in [1.82, 2.24) is 19.9 Å². The van der Waals surface area contributed by atoms with Crippen molar-refractivity contribution in [2.45, 2.75) is 36.7 Å². The Kier molecular flexibility index (Phi) is 8.82. The summed E-state index contributed by atoms with van der Waals surface area (Å²) in [4.78, 5) is 28.9. The zero-order chi connectivity index (χ0) is 25.4.